The zero-order valence-corrected chi connectivity index (χ0v) is 13.2. The first-order valence-electron chi connectivity index (χ1n) is 7.41. The van der Waals surface area contributed by atoms with Crippen LogP contribution in [0.2, 0.25) is 0 Å². The van der Waals surface area contributed by atoms with Gasteiger partial charge in [-0.2, -0.15) is 0 Å². The zero-order chi connectivity index (χ0) is 15.8. The summed E-state index contributed by atoms with van der Waals surface area (Å²) in [6, 6.07) is 13.3. The number of benzene rings is 2. The van der Waals surface area contributed by atoms with Crippen LogP contribution in [-0.2, 0) is 4.79 Å². The minimum Gasteiger partial charge on any atom is -0.486 e. The second-order valence-electron chi connectivity index (χ2n) is 5.43. The van der Waals surface area contributed by atoms with Gasteiger partial charge < -0.3 is 15.2 Å². The number of carbonyl (C=O) groups is 1. The van der Waals surface area contributed by atoms with E-state index in [0.29, 0.717) is 30.4 Å². The Balaban J connectivity index is 1.72. The molecule has 5 nitrogen and oxygen atoms in total. The zero-order valence-electron chi connectivity index (χ0n) is 12.4. The molecule has 1 atom stereocenters. The maximum atomic E-state index is 12.4. The maximum Gasteiger partial charge on any atom is 0.238 e. The lowest BCUT2D eigenvalue weighted by molar-refractivity contribution is -0.115. The molecular formula is C17H16N2O3S. The molecule has 2 aromatic rings. The third kappa shape index (κ3) is 2.59. The Morgan fingerprint density at radius 2 is 1.91 bits per heavy atom. The number of thioether (sulfide) groups is 1. The number of amides is 1. The minimum atomic E-state index is -0.0754. The Hall–Kier alpha value is -2.34. The quantitative estimate of drug-likeness (QED) is 0.859. The Kier molecular flexibility index (Phi) is 3.53. The number of nitrogens with two attached hydrogens (primary N) is 1. The average Bonchev–Trinajstić information content (AvgIpc) is 2.96. The summed E-state index contributed by atoms with van der Waals surface area (Å²) in [4.78, 5) is 14.2. The molecular weight excluding hydrogens is 312 g/mol. The predicted molar refractivity (Wildman–Crippen MR) is 91.0 cm³/mol. The largest absolute Gasteiger partial charge is 0.486 e. The molecule has 118 valence electrons. The highest BCUT2D eigenvalue weighted by atomic mass is 32.2. The highest BCUT2D eigenvalue weighted by molar-refractivity contribution is 8.00. The number of nitrogens with zero attached hydrogens (tertiary/aromatic N) is 1. The van der Waals surface area contributed by atoms with Gasteiger partial charge in [-0.3, -0.25) is 9.69 Å². The highest BCUT2D eigenvalue weighted by Crippen LogP contribution is 2.44. The van der Waals surface area contributed by atoms with E-state index in [0.717, 1.165) is 17.0 Å². The number of hydrogen-bond acceptors (Lipinski definition) is 5. The molecule has 0 aromatic heterocycles. The molecule has 2 aliphatic heterocycles. The molecule has 1 fully saturated rings. The number of fused-ring (bicyclic) bond motifs is 1. The molecule has 0 aliphatic carbocycles. The Morgan fingerprint density at radius 3 is 2.74 bits per heavy atom. The third-order valence-corrected chi connectivity index (χ3v) is 5.08. The fraction of sp³-hybridized carbons (Fsp3) is 0.235. The average molecular weight is 328 g/mol. The summed E-state index contributed by atoms with van der Waals surface area (Å²) in [5.41, 5.74) is 8.43. The van der Waals surface area contributed by atoms with Crippen molar-refractivity contribution in [1.82, 2.24) is 0 Å². The van der Waals surface area contributed by atoms with E-state index in [2.05, 4.69) is 0 Å². The number of nitrogen functional groups attached to an aromatic ring is 1. The van der Waals surface area contributed by atoms with E-state index in [1.807, 2.05) is 42.5 Å². The Labute approximate surface area is 138 Å². The molecule has 0 bridgehead atoms. The predicted octanol–water partition coefficient (Wildman–Crippen LogP) is 2.82. The molecule has 0 saturated carbocycles. The molecule has 2 heterocycles. The minimum absolute atomic E-state index is 0.0754. The summed E-state index contributed by atoms with van der Waals surface area (Å²) >= 11 is 1.60. The number of ether oxygens (including phenoxy) is 2. The lowest BCUT2D eigenvalue weighted by Crippen LogP contribution is -2.28. The van der Waals surface area contributed by atoms with Crippen LogP contribution in [0.25, 0.3) is 0 Å². The number of carbonyl (C=O) groups excluding carboxylic acids is 1. The Morgan fingerprint density at radius 1 is 1.09 bits per heavy atom. The van der Waals surface area contributed by atoms with Crippen LogP contribution in [0.15, 0.2) is 42.5 Å². The van der Waals surface area contributed by atoms with E-state index in [-0.39, 0.29) is 11.3 Å². The molecule has 0 spiro atoms. The summed E-state index contributed by atoms with van der Waals surface area (Å²) < 4.78 is 11.2. The van der Waals surface area contributed by atoms with Crippen molar-refractivity contribution in [3.05, 3.63) is 48.0 Å². The van der Waals surface area contributed by atoms with Gasteiger partial charge in [-0.05, 0) is 29.8 Å². The number of hydrogen-bond donors (Lipinski definition) is 1. The van der Waals surface area contributed by atoms with Crippen molar-refractivity contribution in [1.29, 1.82) is 0 Å². The van der Waals surface area contributed by atoms with E-state index in [1.165, 1.54) is 0 Å². The highest BCUT2D eigenvalue weighted by Gasteiger charge is 2.34. The van der Waals surface area contributed by atoms with E-state index in [1.54, 1.807) is 16.7 Å². The molecule has 2 aliphatic rings. The van der Waals surface area contributed by atoms with Crippen molar-refractivity contribution >= 4 is 29.0 Å². The van der Waals surface area contributed by atoms with Gasteiger partial charge in [0.05, 0.1) is 5.75 Å². The van der Waals surface area contributed by atoms with Gasteiger partial charge in [0.2, 0.25) is 5.91 Å². The van der Waals surface area contributed by atoms with Gasteiger partial charge in [0.25, 0.3) is 0 Å². The molecule has 2 aromatic carbocycles. The van der Waals surface area contributed by atoms with Crippen LogP contribution in [0.1, 0.15) is 10.9 Å². The van der Waals surface area contributed by atoms with Crippen LogP contribution in [0.5, 0.6) is 11.5 Å². The van der Waals surface area contributed by atoms with Gasteiger partial charge in [-0.15, -0.1) is 11.8 Å². The van der Waals surface area contributed by atoms with Crippen LogP contribution in [-0.4, -0.2) is 24.9 Å². The van der Waals surface area contributed by atoms with Crippen molar-refractivity contribution < 1.29 is 14.3 Å². The summed E-state index contributed by atoms with van der Waals surface area (Å²) in [6.07, 6.45) is 0. The second-order valence-corrected chi connectivity index (χ2v) is 6.49. The van der Waals surface area contributed by atoms with E-state index >= 15 is 0 Å². The molecule has 0 unspecified atom stereocenters. The molecule has 23 heavy (non-hydrogen) atoms. The molecule has 0 radical (unpaired) electrons. The van der Waals surface area contributed by atoms with E-state index in [4.69, 9.17) is 15.2 Å². The second kappa shape index (κ2) is 5.70. The van der Waals surface area contributed by atoms with Crippen LogP contribution in [0.4, 0.5) is 11.4 Å². The topological polar surface area (TPSA) is 64.8 Å². The molecule has 2 N–H and O–H groups in total. The maximum absolute atomic E-state index is 12.4. The van der Waals surface area contributed by atoms with Gasteiger partial charge in [0, 0.05) is 17.4 Å². The third-order valence-electron chi connectivity index (χ3n) is 3.87. The van der Waals surface area contributed by atoms with Crippen molar-refractivity contribution in [3.8, 4) is 11.5 Å². The summed E-state index contributed by atoms with van der Waals surface area (Å²) in [5.74, 6) is 1.94. The first kappa shape index (κ1) is 14.3. The van der Waals surface area contributed by atoms with Gasteiger partial charge >= 0.3 is 0 Å². The van der Waals surface area contributed by atoms with Crippen LogP contribution >= 0.6 is 11.8 Å². The summed E-state index contributed by atoms with van der Waals surface area (Å²) in [7, 11) is 0. The first-order chi connectivity index (χ1) is 11.2. The summed E-state index contributed by atoms with van der Waals surface area (Å²) in [5, 5.41) is -0.0754. The van der Waals surface area contributed by atoms with Crippen molar-refractivity contribution in [2.24, 2.45) is 0 Å². The number of anilines is 2. The molecule has 1 amide bonds. The van der Waals surface area contributed by atoms with E-state index in [9.17, 15) is 4.79 Å². The SMILES string of the molecule is Nc1cccc([C@H]2SCC(=O)N2c2ccc3c(c2)OCCO3)c1. The number of rotatable bonds is 2. The lowest BCUT2D eigenvalue weighted by atomic mass is 10.1. The van der Waals surface area contributed by atoms with Gasteiger partial charge in [-0.25, -0.2) is 0 Å². The lowest BCUT2D eigenvalue weighted by Gasteiger charge is -2.26. The van der Waals surface area contributed by atoms with Crippen molar-refractivity contribution in [3.63, 3.8) is 0 Å². The van der Waals surface area contributed by atoms with E-state index < -0.39 is 0 Å². The molecule has 4 rings (SSSR count). The van der Waals surface area contributed by atoms with Crippen LogP contribution in [0.3, 0.4) is 0 Å². The standard InChI is InChI=1S/C17H16N2O3S/c18-12-3-1-2-11(8-12)17-19(16(20)10-23-17)13-4-5-14-15(9-13)22-7-6-21-14/h1-5,8-9,17H,6-7,10,18H2/t17-/m1/s1. The van der Waals surface area contributed by atoms with Crippen LogP contribution in [0, 0.1) is 0 Å². The summed E-state index contributed by atoms with van der Waals surface area (Å²) in [6.45, 7) is 1.08. The van der Waals surface area contributed by atoms with Crippen molar-refractivity contribution in [2.45, 2.75) is 5.37 Å². The Bertz CT molecular complexity index is 765. The van der Waals surface area contributed by atoms with Crippen molar-refractivity contribution in [2.75, 3.05) is 29.6 Å². The smallest absolute Gasteiger partial charge is 0.238 e. The van der Waals surface area contributed by atoms with Gasteiger partial charge in [-0.1, -0.05) is 12.1 Å². The molecule has 6 heteroatoms. The molecule has 1 saturated heterocycles. The van der Waals surface area contributed by atoms with Crippen LogP contribution < -0.4 is 20.1 Å². The normalized spacial score (nSPS) is 19.9. The van der Waals surface area contributed by atoms with Gasteiger partial charge in [0.1, 0.15) is 18.6 Å². The fourth-order valence-electron chi connectivity index (χ4n) is 2.84. The first-order valence-corrected chi connectivity index (χ1v) is 8.46. The fourth-order valence-corrected chi connectivity index (χ4v) is 4.01. The monoisotopic (exact) mass is 328 g/mol. The van der Waals surface area contributed by atoms with Gasteiger partial charge in [0.15, 0.2) is 11.5 Å².